The fraction of sp³-hybridized carbons (Fsp3) is 0. The number of hydrogen-bond donors (Lipinski definition) is 1. The minimum atomic E-state index is -3.77. The molecule has 0 bridgehead atoms. The summed E-state index contributed by atoms with van der Waals surface area (Å²) in [5.74, 6) is -0.442. The normalized spacial score (nSPS) is 11.3. The van der Waals surface area contributed by atoms with Crippen LogP contribution in [0.1, 0.15) is 11.1 Å². The summed E-state index contributed by atoms with van der Waals surface area (Å²) in [7, 11) is -3.77. The molecule has 0 radical (unpaired) electrons. The maximum absolute atomic E-state index is 12.9. The predicted octanol–water partition coefficient (Wildman–Crippen LogP) is 4.25. The van der Waals surface area contributed by atoms with Gasteiger partial charge in [0.25, 0.3) is 10.0 Å². The Balaban J connectivity index is 1.72. The number of nitrogens with one attached hydrogen (secondary N) is 1. The SMILES string of the molecule is N#Cc1ccc(C=Nc2ccc(S(=O)(=O)Nc3ccc(F)cc3)cc2)cc1. The summed E-state index contributed by atoms with van der Waals surface area (Å²) >= 11 is 0. The lowest BCUT2D eigenvalue weighted by Gasteiger charge is -2.08. The van der Waals surface area contributed by atoms with E-state index in [1.54, 1.807) is 42.6 Å². The fourth-order valence-electron chi connectivity index (χ4n) is 2.24. The van der Waals surface area contributed by atoms with Gasteiger partial charge in [-0.3, -0.25) is 9.71 Å². The third kappa shape index (κ3) is 4.77. The minimum absolute atomic E-state index is 0.0733. The molecule has 0 aliphatic rings. The lowest BCUT2D eigenvalue weighted by Crippen LogP contribution is -2.12. The van der Waals surface area contributed by atoms with E-state index in [1.807, 2.05) is 6.07 Å². The standard InChI is InChI=1S/C20H14FN3O2S/c21-17-5-7-19(8-6-17)24-27(25,26)20-11-9-18(10-12-20)23-14-16-3-1-15(13-22)2-4-16/h1-12,14,24H. The van der Waals surface area contributed by atoms with Gasteiger partial charge in [-0.15, -0.1) is 0 Å². The van der Waals surface area contributed by atoms with Gasteiger partial charge in [-0.1, -0.05) is 12.1 Å². The zero-order valence-electron chi connectivity index (χ0n) is 14.0. The molecule has 0 aliphatic carbocycles. The summed E-state index contributed by atoms with van der Waals surface area (Å²) in [5, 5.41) is 8.78. The first-order chi connectivity index (χ1) is 13.0. The molecule has 0 fully saturated rings. The van der Waals surface area contributed by atoms with E-state index in [2.05, 4.69) is 9.71 Å². The molecule has 0 amide bonds. The Kier molecular flexibility index (Phi) is 5.29. The molecule has 3 aromatic carbocycles. The Hall–Kier alpha value is -3.50. The topological polar surface area (TPSA) is 82.3 Å². The number of sulfonamides is 1. The van der Waals surface area contributed by atoms with E-state index in [-0.39, 0.29) is 10.6 Å². The zero-order valence-corrected chi connectivity index (χ0v) is 14.8. The van der Waals surface area contributed by atoms with Crippen LogP contribution < -0.4 is 4.72 Å². The number of rotatable bonds is 5. The van der Waals surface area contributed by atoms with Crippen LogP contribution in [0.4, 0.5) is 15.8 Å². The van der Waals surface area contributed by atoms with Crippen molar-refractivity contribution >= 4 is 27.6 Å². The maximum atomic E-state index is 12.9. The average Bonchev–Trinajstić information content (AvgIpc) is 2.69. The Morgan fingerprint density at radius 1 is 0.926 bits per heavy atom. The monoisotopic (exact) mass is 379 g/mol. The number of aliphatic imine (C=N–C) groups is 1. The zero-order chi connectivity index (χ0) is 19.3. The summed E-state index contributed by atoms with van der Waals surface area (Å²) in [5.41, 5.74) is 2.25. The van der Waals surface area contributed by atoms with Crippen LogP contribution in [0.25, 0.3) is 0 Å². The molecule has 1 N–H and O–H groups in total. The van der Waals surface area contributed by atoms with Crippen LogP contribution in [0.15, 0.2) is 82.7 Å². The molecule has 0 saturated carbocycles. The van der Waals surface area contributed by atoms with E-state index >= 15 is 0 Å². The van der Waals surface area contributed by atoms with Crippen LogP contribution in [-0.4, -0.2) is 14.6 Å². The predicted molar refractivity (Wildman–Crippen MR) is 102 cm³/mol. The highest BCUT2D eigenvalue weighted by Gasteiger charge is 2.13. The fourth-order valence-corrected chi connectivity index (χ4v) is 3.29. The second-order valence-electron chi connectivity index (χ2n) is 5.60. The minimum Gasteiger partial charge on any atom is -0.280 e. The van der Waals surface area contributed by atoms with Crippen LogP contribution >= 0.6 is 0 Å². The number of anilines is 1. The maximum Gasteiger partial charge on any atom is 0.261 e. The van der Waals surface area contributed by atoms with Gasteiger partial charge in [-0.2, -0.15) is 5.26 Å². The molecule has 7 heteroatoms. The van der Waals surface area contributed by atoms with Gasteiger partial charge in [0.1, 0.15) is 5.82 Å². The first-order valence-electron chi connectivity index (χ1n) is 7.89. The van der Waals surface area contributed by atoms with Crippen molar-refractivity contribution in [3.63, 3.8) is 0 Å². The first-order valence-corrected chi connectivity index (χ1v) is 9.37. The largest absolute Gasteiger partial charge is 0.280 e. The summed E-state index contributed by atoms with van der Waals surface area (Å²) in [6.07, 6.45) is 1.63. The van der Waals surface area contributed by atoms with Crippen LogP contribution in [0.3, 0.4) is 0 Å². The Labute approximate surface area is 156 Å². The number of nitriles is 1. The summed E-state index contributed by atoms with van der Waals surface area (Å²) in [6.45, 7) is 0. The first kappa shape index (κ1) is 18.3. The third-order valence-corrected chi connectivity index (χ3v) is 5.04. The van der Waals surface area contributed by atoms with Crippen LogP contribution in [0.2, 0.25) is 0 Å². The van der Waals surface area contributed by atoms with Gasteiger partial charge in [0.15, 0.2) is 0 Å². The summed E-state index contributed by atoms with van der Waals surface area (Å²) in [4.78, 5) is 4.36. The third-order valence-electron chi connectivity index (χ3n) is 3.65. The number of halogens is 1. The molecule has 0 atom stereocenters. The molecule has 5 nitrogen and oxygen atoms in total. The van der Waals surface area contributed by atoms with Gasteiger partial charge in [-0.05, 0) is 66.2 Å². The smallest absolute Gasteiger partial charge is 0.261 e. The van der Waals surface area contributed by atoms with E-state index < -0.39 is 15.8 Å². The van der Waals surface area contributed by atoms with Crippen LogP contribution in [0.5, 0.6) is 0 Å². The van der Waals surface area contributed by atoms with E-state index in [0.717, 1.165) is 5.56 Å². The molecule has 134 valence electrons. The molecule has 3 aromatic rings. The van der Waals surface area contributed by atoms with Gasteiger partial charge in [0.2, 0.25) is 0 Å². The lowest BCUT2D eigenvalue weighted by atomic mass is 10.2. The Morgan fingerprint density at radius 2 is 1.56 bits per heavy atom. The van der Waals surface area contributed by atoms with Crippen molar-refractivity contribution < 1.29 is 12.8 Å². The highest BCUT2D eigenvalue weighted by molar-refractivity contribution is 7.92. The second kappa shape index (κ2) is 7.81. The van der Waals surface area contributed by atoms with Gasteiger partial charge in [0, 0.05) is 11.9 Å². The molecule has 0 aromatic heterocycles. The van der Waals surface area contributed by atoms with Gasteiger partial charge in [-0.25, -0.2) is 12.8 Å². The van der Waals surface area contributed by atoms with E-state index in [1.165, 1.54) is 36.4 Å². The highest BCUT2D eigenvalue weighted by atomic mass is 32.2. The second-order valence-corrected chi connectivity index (χ2v) is 7.28. The molecule has 0 spiro atoms. The van der Waals surface area contributed by atoms with Crippen molar-refractivity contribution in [3.05, 3.63) is 89.7 Å². The van der Waals surface area contributed by atoms with Crippen molar-refractivity contribution in [1.29, 1.82) is 5.26 Å². The molecule has 0 heterocycles. The highest BCUT2D eigenvalue weighted by Crippen LogP contribution is 2.20. The summed E-state index contributed by atoms with van der Waals surface area (Å²) < 4.78 is 40.0. The quantitative estimate of drug-likeness (QED) is 0.673. The van der Waals surface area contributed by atoms with Crippen molar-refractivity contribution in [1.82, 2.24) is 0 Å². The van der Waals surface area contributed by atoms with Crippen molar-refractivity contribution in [2.45, 2.75) is 4.90 Å². The number of hydrogen-bond acceptors (Lipinski definition) is 4. The Bertz CT molecular complexity index is 1100. The molecule has 3 rings (SSSR count). The van der Waals surface area contributed by atoms with Crippen LogP contribution in [0, 0.1) is 17.1 Å². The van der Waals surface area contributed by atoms with E-state index in [4.69, 9.17) is 5.26 Å². The van der Waals surface area contributed by atoms with Gasteiger partial charge < -0.3 is 0 Å². The number of nitrogens with zero attached hydrogens (tertiary/aromatic N) is 2. The molecule has 0 aliphatic heterocycles. The van der Waals surface area contributed by atoms with Gasteiger partial charge in [0.05, 0.1) is 22.2 Å². The van der Waals surface area contributed by atoms with Crippen molar-refractivity contribution in [2.75, 3.05) is 4.72 Å². The molecule has 27 heavy (non-hydrogen) atoms. The average molecular weight is 379 g/mol. The van der Waals surface area contributed by atoms with Crippen LogP contribution in [-0.2, 0) is 10.0 Å². The molecular weight excluding hydrogens is 365 g/mol. The molecule has 0 saturated heterocycles. The number of benzene rings is 3. The van der Waals surface area contributed by atoms with Gasteiger partial charge >= 0.3 is 0 Å². The van der Waals surface area contributed by atoms with Crippen molar-refractivity contribution in [3.8, 4) is 6.07 Å². The van der Waals surface area contributed by atoms with E-state index in [9.17, 15) is 12.8 Å². The van der Waals surface area contributed by atoms with Crippen molar-refractivity contribution in [2.24, 2.45) is 4.99 Å². The Morgan fingerprint density at radius 3 is 2.15 bits per heavy atom. The molecular formula is C20H14FN3O2S. The molecule has 0 unspecified atom stereocenters. The van der Waals surface area contributed by atoms with E-state index in [0.29, 0.717) is 11.3 Å². The summed E-state index contributed by atoms with van der Waals surface area (Å²) in [6, 6.07) is 20.1. The lowest BCUT2D eigenvalue weighted by molar-refractivity contribution is 0.601.